The third-order valence-corrected chi connectivity index (χ3v) is 4.56. The lowest BCUT2D eigenvalue weighted by Crippen LogP contribution is -2.07. The van der Waals surface area contributed by atoms with E-state index in [0.717, 1.165) is 11.8 Å². The lowest BCUT2D eigenvalue weighted by atomic mass is 10.1. The number of hydrogen-bond acceptors (Lipinski definition) is 7. The van der Waals surface area contributed by atoms with Gasteiger partial charge in [-0.3, -0.25) is 0 Å². The largest absolute Gasteiger partial charge is 0.506 e. The molecule has 0 fully saturated rings. The number of aromatic nitrogens is 2. The predicted molar refractivity (Wildman–Crippen MR) is 117 cm³/mol. The van der Waals surface area contributed by atoms with Crippen molar-refractivity contribution in [3.63, 3.8) is 0 Å². The molecular formula is C22H26FN5O3. The van der Waals surface area contributed by atoms with Crippen molar-refractivity contribution in [1.82, 2.24) is 9.55 Å². The van der Waals surface area contributed by atoms with Crippen molar-refractivity contribution in [2.75, 3.05) is 25.6 Å². The van der Waals surface area contributed by atoms with Gasteiger partial charge in [-0.2, -0.15) is 0 Å². The molecule has 1 heterocycles. The molecule has 0 unspecified atom stereocenters. The summed E-state index contributed by atoms with van der Waals surface area (Å²) in [6.45, 7) is 6.30. The van der Waals surface area contributed by atoms with Crippen molar-refractivity contribution in [3.05, 3.63) is 41.7 Å². The second-order valence-corrected chi connectivity index (χ2v) is 7.73. The van der Waals surface area contributed by atoms with Crippen LogP contribution in [0.5, 0.6) is 5.75 Å². The third-order valence-electron chi connectivity index (χ3n) is 4.56. The molecule has 0 aliphatic carbocycles. The van der Waals surface area contributed by atoms with Crippen LogP contribution in [-0.4, -0.2) is 41.3 Å². The number of anilines is 1. The summed E-state index contributed by atoms with van der Waals surface area (Å²) in [5.74, 6) is -0.871. The van der Waals surface area contributed by atoms with Crippen molar-refractivity contribution in [2.24, 2.45) is 16.1 Å². The number of fused-ring (bicyclic) bond motifs is 1. The SMILES string of the molecule is CCOC(=O)c1cc(F)c2c(c1)nc(N=Nc1ccc(N(C)C)cc1O)n2CC(C)C. The van der Waals surface area contributed by atoms with Gasteiger partial charge in [0.1, 0.15) is 22.8 Å². The maximum absolute atomic E-state index is 14.9. The molecule has 0 aliphatic rings. The van der Waals surface area contributed by atoms with Gasteiger partial charge in [0.2, 0.25) is 0 Å². The monoisotopic (exact) mass is 427 g/mol. The summed E-state index contributed by atoms with van der Waals surface area (Å²) in [6.07, 6.45) is 0. The Morgan fingerprint density at radius 1 is 1.26 bits per heavy atom. The van der Waals surface area contributed by atoms with Gasteiger partial charge in [-0.25, -0.2) is 14.2 Å². The smallest absolute Gasteiger partial charge is 0.338 e. The van der Waals surface area contributed by atoms with Gasteiger partial charge in [0.15, 0.2) is 0 Å². The second-order valence-electron chi connectivity index (χ2n) is 7.73. The molecule has 0 aliphatic heterocycles. The number of hydrogen-bond donors (Lipinski definition) is 1. The highest BCUT2D eigenvalue weighted by Gasteiger charge is 2.19. The molecule has 1 N–H and O–H groups in total. The van der Waals surface area contributed by atoms with E-state index in [-0.39, 0.29) is 46.5 Å². The van der Waals surface area contributed by atoms with Gasteiger partial charge in [0.05, 0.1) is 17.7 Å². The Balaban J connectivity index is 2.07. The van der Waals surface area contributed by atoms with Gasteiger partial charge in [0.25, 0.3) is 5.95 Å². The van der Waals surface area contributed by atoms with Crippen LogP contribution in [0.25, 0.3) is 11.0 Å². The Kier molecular flexibility index (Phi) is 6.53. The molecule has 0 amide bonds. The first kappa shape index (κ1) is 22.2. The molecule has 1 aromatic heterocycles. The van der Waals surface area contributed by atoms with Crippen molar-refractivity contribution in [3.8, 4) is 5.75 Å². The van der Waals surface area contributed by atoms with Crippen LogP contribution >= 0.6 is 0 Å². The average Bonchev–Trinajstić information content (AvgIpc) is 3.04. The lowest BCUT2D eigenvalue weighted by molar-refractivity contribution is 0.0526. The van der Waals surface area contributed by atoms with E-state index >= 15 is 0 Å². The van der Waals surface area contributed by atoms with Crippen LogP contribution in [0.15, 0.2) is 40.6 Å². The first-order valence-electron chi connectivity index (χ1n) is 10.00. The molecule has 9 heteroatoms. The second kappa shape index (κ2) is 9.11. The van der Waals surface area contributed by atoms with Crippen molar-refractivity contribution in [1.29, 1.82) is 0 Å². The van der Waals surface area contributed by atoms with Gasteiger partial charge in [0, 0.05) is 32.4 Å². The van der Waals surface area contributed by atoms with E-state index in [2.05, 4.69) is 15.2 Å². The van der Waals surface area contributed by atoms with E-state index in [1.165, 1.54) is 6.07 Å². The van der Waals surface area contributed by atoms with E-state index in [9.17, 15) is 14.3 Å². The van der Waals surface area contributed by atoms with E-state index in [4.69, 9.17) is 4.74 Å². The first-order valence-corrected chi connectivity index (χ1v) is 10.00. The molecule has 0 spiro atoms. The van der Waals surface area contributed by atoms with Gasteiger partial charge in [-0.05, 0) is 37.1 Å². The quantitative estimate of drug-likeness (QED) is 0.413. The van der Waals surface area contributed by atoms with Crippen LogP contribution in [0.2, 0.25) is 0 Å². The summed E-state index contributed by atoms with van der Waals surface area (Å²) in [7, 11) is 3.73. The minimum atomic E-state index is -0.615. The van der Waals surface area contributed by atoms with Gasteiger partial charge >= 0.3 is 5.97 Å². The minimum Gasteiger partial charge on any atom is -0.506 e. The van der Waals surface area contributed by atoms with Gasteiger partial charge < -0.3 is 19.3 Å². The predicted octanol–water partition coefficient (Wildman–Crippen LogP) is 5.20. The minimum absolute atomic E-state index is 0.0303. The normalized spacial score (nSPS) is 11.6. The van der Waals surface area contributed by atoms with E-state index < -0.39 is 11.8 Å². The molecule has 3 aromatic rings. The molecule has 0 bridgehead atoms. The molecule has 8 nitrogen and oxygen atoms in total. The molecule has 31 heavy (non-hydrogen) atoms. The van der Waals surface area contributed by atoms with Gasteiger partial charge in [-0.1, -0.05) is 13.8 Å². The summed E-state index contributed by atoms with van der Waals surface area (Å²) >= 11 is 0. The molecule has 0 atom stereocenters. The van der Waals surface area contributed by atoms with Crippen LogP contribution in [0.4, 0.5) is 21.7 Å². The number of carbonyl (C=O) groups is 1. The van der Waals surface area contributed by atoms with E-state index in [1.54, 1.807) is 29.7 Å². The zero-order valence-electron chi connectivity index (χ0n) is 18.3. The summed E-state index contributed by atoms with van der Waals surface area (Å²) in [5, 5.41) is 18.5. The molecule has 0 saturated carbocycles. The van der Waals surface area contributed by atoms with E-state index in [1.807, 2.05) is 32.8 Å². The summed E-state index contributed by atoms with van der Waals surface area (Å²) in [4.78, 5) is 18.3. The van der Waals surface area contributed by atoms with Crippen LogP contribution in [-0.2, 0) is 11.3 Å². The molecule has 3 rings (SSSR count). The average molecular weight is 427 g/mol. The van der Waals surface area contributed by atoms with E-state index in [0.29, 0.717) is 6.54 Å². The number of rotatable bonds is 7. The van der Waals surface area contributed by atoms with Crippen LogP contribution in [0, 0.1) is 11.7 Å². The zero-order valence-corrected chi connectivity index (χ0v) is 18.3. The maximum Gasteiger partial charge on any atom is 0.338 e. The fraction of sp³-hybridized carbons (Fsp3) is 0.364. The number of esters is 1. The maximum atomic E-state index is 14.9. The Labute approximate surface area is 180 Å². The topological polar surface area (TPSA) is 92.3 Å². The number of azo groups is 1. The van der Waals surface area contributed by atoms with Crippen molar-refractivity contribution >= 4 is 34.3 Å². The highest BCUT2D eigenvalue weighted by atomic mass is 19.1. The Morgan fingerprint density at radius 2 is 2.00 bits per heavy atom. The summed E-state index contributed by atoms with van der Waals surface area (Å²) in [6, 6.07) is 7.65. The molecule has 0 saturated heterocycles. The number of halogens is 1. The zero-order chi connectivity index (χ0) is 22.7. The third kappa shape index (κ3) is 4.82. The van der Waals surface area contributed by atoms with Gasteiger partial charge in [-0.15, -0.1) is 10.2 Å². The summed E-state index contributed by atoms with van der Waals surface area (Å²) in [5.41, 5.74) is 1.69. The van der Waals surface area contributed by atoms with Crippen LogP contribution in [0.1, 0.15) is 31.1 Å². The highest BCUT2D eigenvalue weighted by molar-refractivity contribution is 5.94. The fourth-order valence-electron chi connectivity index (χ4n) is 3.12. The lowest BCUT2D eigenvalue weighted by Gasteiger charge is -2.12. The van der Waals surface area contributed by atoms with Crippen LogP contribution in [0.3, 0.4) is 0 Å². The number of imidazole rings is 1. The Bertz CT molecular complexity index is 1140. The van der Waals surface area contributed by atoms with Crippen molar-refractivity contribution in [2.45, 2.75) is 27.3 Å². The number of nitrogens with zero attached hydrogens (tertiary/aromatic N) is 5. The number of ether oxygens (including phenoxy) is 1. The molecule has 2 aromatic carbocycles. The number of aromatic hydroxyl groups is 1. The highest BCUT2D eigenvalue weighted by Crippen LogP contribution is 2.33. The number of carbonyl (C=O) groups excluding carboxylic acids is 1. The number of benzene rings is 2. The standard InChI is InChI=1S/C22H26FN5O3/c1-6-31-21(30)14-9-16(23)20-18(10-14)24-22(28(20)12-13(2)3)26-25-17-8-7-15(27(4)5)11-19(17)29/h7-11,13,29H,6,12H2,1-5H3. The summed E-state index contributed by atoms with van der Waals surface area (Å²) < 4.78 is 21.5. The molecule has 164 valence electrons. The van der Waals surface area contributed by atoms with Crippen molar-refractivity contribution < 1.29 is 19.0 Å². The number of phenols is 1. The Hall–Kier alpha value is -3.49. The Morgan fingerprint density at radius 3 is 2.61 bits per heavy atom. The molecule has 0 radical (unpaired) electrons. The first-order chi connectivity index (χ1) is 14.7. The molecular weight excluding hydrogens is 401 g/mol. The fourth-order valence-corrected chi connectivity index (χ4v) is 3.12. The van der Waals surface area contributed by atoms with Crippen LogP contribution < -0.4 is 4.90 Å². The number of phenolic OH excluding ortho intramolecular Hbond substituents is 1.